The molecule has 2 aromatic rings. The number of anilines is 1. The van der Waals surface area contributed by atoms with Crippen LogP contribution in [0, 0.1) is 5.82 Å². The summed E-state index contributed by atoms with van der Waals surface area (Å²) in [5.41, 5.74) is 5.86. The zero-order valence-corrected chi connectivity index (χ0v) is 12.1. The summed E-state index contributed by atoms with van der Waals surface area (Å²) in [6.07, 6.45) is 3.28. The third-order valence-corrected chi connectivity index (χ3v) is 4.71. The Balaban J connectivity index is 2.42. The van der Waals surface area contributed by atoms with Crippen molar-refractivity contribution in [1.82, 2.24) is 4.98 Å². The van der Waals surface area contributed by atoms with Gasteiger partial charge in [-0.05, 0) is 49.4 Å². The molecular weight excluding hydrogens is 293 g/mol. The Morgan fingerprint density at radius 2 is 1.90 bits per heavy atom. The molecular formula is C14H16FN3O2S. The molecule has 0 amide bonds. The van der Waals surface area contributed by atoms with Crippen molar-refractivity contribution in [3.63, 3.8) is 0 Å². The molecule has 0 atom stereocenters. The van der Waals surface area contributed by atoms with Crippen LogP contribution in [0.4, 0.5) is 10.1 Å². The molecule has 7 heteroatoms. The highest BCUT2D eigenvalue weighted by atomic mass is 32.2. The van der Waals surface area contributed by atoms with Crippen molar-refractivity contribution >= 4 is 15.7 Å². The number of halogens is 1. The molecule has 0 fully saturated rings. The Labute approximate surface area is 123 Å². The minimum Gasteiger partial charge on any atom is -0.330 e. The van der Waals surface area contributed by atoms with Gasteiger partial charge in [0.2, 0.25) is 0 Å². The Bertz CT molecular complexity index is 675. The highest BCUT2D eigenvalue weighted by molar-refractivity contribution is 7.92. The van der Waals surface area contributed by atoms with Crippen LogP contribution < -0.4 is 10.0 Å². The van der Waals surface area contributed by atoms with E-state index < -0.39 is 15.8 Å². The van der Waals surface area contributed by atoms with Gasteiger partial charge in [-0.25, -0.2) is 12.8 Å². The van der Waals surface area contributed by atoms with Crippen molar-refractivity contribution < 1.29 is 12.8 Å². The normalized spacial score (nSPS) is 11.3. The van der Waals surface area contributed by atoms with E-state index in [2.05, 4.69) is 4.98 Å². The van der Waals surface area contributed by atoms with E-state index in [1.54, 1.807) is 6.07 Å². The topological polar surface area (TPSA) is 76.3 Å². The van der Waals surface area contributed by atoms with Crippen LogP contribution in [0.2, 0.25) is 0 Å². The molecule has 21 heavy (non-hydrogen) atoms. The largest absolute Gasteiger partial charge is 0.330 e. The van der Waals surface area contributed by atoms with Crippen LogP contribution in [0.5, 0.6) is 0 Å². The van der Waals surface area contributed by atoms with E-state index >= 15 is 0 Å². The number of hydrogen-bond donors (Lipinski definition) is 1. The second kappa shape index (κ2) is 6.64. The van der Waals surface area contributed by atoms with Gasteiger partial charge in [0.25, 0.3) is 10.0 Å². The highest BCUT2D eigenvalue weighted by Gasteiger charge is 2.24. The summed E-state index contributed by atoms with van der Waals surface area (Å²) in [6, 6.07) is 8.34. The molecule has 0 bridgehead atoms. The smallest absolute Gasteiger partial charge is 0.265 e. The van der Waals surface area contributed by atoms with E-state index in [-0.39, 0.29) is 11.4 Å². The molecule has 0 aliphatic carbocycles. The molecule has 2 rings (SSSR count). The summed E-state index contributed by atoms with van der Waals surface area (Å²) < 4.78 is 39.6. The van der Waals surface area contributed by atoms with E-state index in [0.717, 1.165) is 0 Å². The lowest BCUT2D eigenvalue weighted by Crippen LogP contribution is -2.33. The number of nitrogens with two attached hydrogens (primary N) is 1. The average Bonchev–Trinajstić information content (AvgIpc) is 2.50. The van der Waals surface area contributed by atoms with Crippen LogP contribution in [0.1, 0.15) is 6.42 Å². The monoisotopic (exact) mass is 309 g/mol. The Morgan fingerprint density at radius 1 is 1.19 bits per heavy atom. The van der Waals surface area contributed by atoms with Gasteiger partial charge in [0.15, 0.2) is 0 Å². The number of sulfonamides is 1. The molecule has 5 nitrogen and oxygen atoms in total. The van der Waals surface area contributed by atoms with Crippen LogP contribution in [-0.4, -0.2) is 26.5 Å². The first-order valence-corrected chi connectivity index (χ1v) is 7.88. The molecule has 1 heterocycles. The molecule has 112 valence electrons. The number of rotatable bonds is 6. The van der Waals surface area contributed by atoms with Crippen LogP contribution in [0.15, 0.2) is 53.7 Å². The summed E-state index contributed by atoms with van der Waals surface area (Å²) in [5.74, 6) is -0.420. The second-order valence-electron chi connectivity index (χ2n) is 4.38. The predicted molar refractivity (Wildman–Crippen MR) is 78.8 cm³/mol. The number of nitrogens with zero attached hydrogens (tertiary/aromatic N) is 2. The summed E-state index contributed by atoms with van der Waals surface area (Å²) in [4.78, 5) is 3.92. The first-order valence-electron chi connectivity index (χ1n) is 6.44. The van der Waals surface area contributed by atoms with Gasteiger partial charge in [-0.1, -0.05) is 0 Å². The Kier molecular flexibility index (Phi) is 4.87. The third-order valence-electron chi connectivity index (χ3n) is 2.90. The molecule has 0 aliphatic heterocycles. The van der Waals surface area contributed by atoms with Crippen molar-refractivity contribution in [3.8, 4) is 0 Å². The van der Waals surface area contributed by atoms with E-state index in [1.165, 1.54) is 47.0 Å². The molecule has 0 spiro atoms. The van der Waals surface area contributed by atoms with Crippen LogP contribution in [-0.2, 0) is 10.0 Å². The average molecular weight is 309 g/mol. The van der Waals surface area contributed by atoms with Gasteiger partial charge in [0.1, 0.15) is 10.7 Å². The summed E-state index contributed by atoms with van der Waals surface area (Å²) in [5, 5.41) is 0. The molecule has 0 radical (unpaired) electrons. The van der Waals surface area contributed by atoms with E-state index in [9.17, 15) is 12.8 Å². The predicted octanol–water partition coefficient (Wildman–Crippen LogP) is 1.76. The minimum atomic E-state index is -3.75. The minimum absolute atomic E-state index is 0.0892. The SMILES string of the molecule is NCCCN(c1ccc(F)cc1)S(=O)(=O)c1cccnc1. The highest BCUT2D eigenvalue weighted by Crippen LogP contribution is 2.23. The third kappa shape index (κ3) is 3.56. The maximum absolute atomic E-state index is 13.0. The van der Waals surface area contributed by atoms with E-state index in [1.807, 2.05) is 0 Å². The lowest BCUT2D eigenvalue weighted by Gasteiger charge is -2.24. The van der Waals surface area contributed by atoms with Gasteiger partial charge in [0, 0.05) is 18.9 Å². The van der Waals surface area contributed by atoms with Gasteiger partial charge in [-0.3, -0.25) is 9.29 Å². The molecule has 0 aliphatic rings. The van der Waals surface area contributed by atoms with Gasteiger partial charge < -0.3 is 5.73 Å². The number of benzene rings is 1. The maximum atomic E-state index is 13.0. The fourth-order valence-electron chi connectivity index (χ4n) is 1.86. The van der Waals surface area contributed by atoms with Gasteiger partial charge >= 0.3 is 0 Å². The van der Waals surface area contributed by atoms with Crippen LogP contribution in [0.25, 0.3) is 0 Å². The first-order chi connectivity index (χ1) is 10.1. The van der Waals surface area contributed by atoms with Crippen molar-refractivity contribution in [2.75, 3.05) is 17.4 Å². The molecule has 2 N–H and O–H groups in total. The van der Waals surface area contributed by atoms with Crippen molar-refractivity contribution in [1.29, 1.82) is 0 Å². The molecule has 0 saturated carbocycles. The fourth-order valence-corrected chi connectivity index (χ4v) is 3.33. The number of pyridine rings is 1. The summed E-state index contributed by atoms with van der Waals surface area (Å²) >= 11 is 0. The molecule has 0 unspecified atom stereocenters. The molecule has 1 aromatic heterocycles. The second-order valence-corrected chi connectivity index (χ2v) is 6.25. The number of aromatic nitrogens is 1. The van der Waals surface area contributed by atoms with E-state index in [4.69, 9.17) is 5.73 Å². The van der Waals surface area contributed by atoms with Gasteiger partial charge in [-0.2, -0.15) is 0 Å². The van der Waals surface area contributed by atoms with Crippen molar-refractivity contribution in [2.24, 2.45) is 5.73 Å². The Hall–Kier alpha value is -1.99. The first kappa shape index (κ1) is 15.4. The number of hydrogen-bond acceptors (Lipinski definition) is 4. The maximum Gasteiger partial charge on any atom is 0.265 e. The van der Waals surface area contributed by atoms with Gasteiger partial charge in [-0.15, -0.1) is 0 Å². The zero-order chi connectivity index (χ0) is 15.3. The molecule has 1 aromatic carbocycles. The fraction of sp³-hybridized carbons (Fsp3) is 0.214. The van der Waals surface area contributed by atoms with Crippen LogP contribution in [0.3, 0.4) is 0 Å². The summed E-state index contributed by atoms with van der Waals surface area (Å²) in [7, 11) is -3.75. The zero-order valence-electron chi connectivity index (χ0n) is 11.3. The standard InChI is InChI=1S/C14H16FN3O2S/c15-12-4-6-13(7-5-12)18(10-2-8-16)21(19,20)14-3-1-9-17-11-14/h1,3-7,9,11H,2,8,10,16H2. The van der Waals surface area contributed by atoms with Gasteiger partial charge in [0.05, 0.1) is 5.69 Å². The molecule has 0 saturated heterocycles. The quantitative estimate of drug-likeness (QED) is 0.882. The van der Waals surface area contributed by atoms with Crippen LogP contribution >= 0.6 is 0 Å². The lowest BCUT2D eigenvalue weighted by atomic mass is 10.3. The van der Waals surface area contributed by atoms with Crippen molar-refractivity contribution in [3.05, 3.63) is 54.6 Å². The van der Waals surface area contributed by atoms with E-state index in [0.29, 0.717) is 18.7 Å². The Morgan fingerprint density at radius 3 is 2.48 bits per heavy atom. The van der Waals surface area contributed by atoms with Crippen molar-refractivity contribution in [2.45, 2.75) is 11.3 Å². The lowest BCUT2D eigenvalue weighted by molar-refractivity contribution is 0.588. The summed E-state index contributed by atoms with van der Waals surface area (Å²) in [6.45, 7) is 0.583.